The van der Waals surface area contributed by atoms with Gasteiger partial charge < -0.3 is 25.1 Å². The second-order valence-electron chi connectivity index (χ2n) is 11.9. The van der Waals surface area contributed by atoms with E-state index in [4.69, 9.17) is 9.47 Å². The van der Waals surface area contributed by atoms with E-state index in [2.05, 4.69) is 21.5 Å². The van der Waals surface area contributed by atoms with Crippen LogP contribution in [0.2, 0.25) is 0 Å². The number of aryl methyl sites for hydroxylation is 1. The van der Waals surface area contributed by atoms with Crippen LogP contribution in [0.3, 0.4) is 0 Å². The van der Waals surface area contributed by atoms with Crippen LogP contribution in [-0.4, -0.2) is 57.2 Å². The van der Waals surface area contributed by atoms with Gasteiger partial charge in [0, 0.05) is 17.4 Å². The summed E-state index contributed by atoms with van der Waals surface area (Å²) in [6, 6.07) is 6.30. The molecular formula is C30H35F3N6O5. The molecular weight excluding hydrogens is 581 g/mol. The molecule has 0 aliphatic carbocycles. The highest BCUT2D eigenvalue weighted by Gasteiger charge is 2.43. The summed E-state index contributed by atoms with van der Waals surface area (Å²) in [7, 11) is 0. The number of esters is 1. The molecule has 0 bridgehead atoms. The van der Waals surface area contributed by atoms with Gasteiger partial charge >= 0.3 is 12.1 Å². The Morgan fingerprint density at radius 3 is 2.59 bits per heavy atom. The maximum atomic E-state index is 13.2. The third-order valence-corrected chi connectivity index (χ3v) is 7.40. The summed E-state index contributed by atoms with van der Waals surface area (Å²) in [5.74, 6) is -1.19. The number of aromatic nitrogens is 3. The number of carbonyl (C=O) groups is 2. The van der Waals surface area contributed by atoms with Crippen molar-refractivity contribution in [3.63, 3.8) is 0 Å². The predicted molar refractivity (Wildman–Crippen MR) is 155 cm³/mol. The third kappa shape index (κ3) is 6.88. The molecule has 1 aliphatic rings. The molecule has 14 heteroatoms. The van der Waals surface area contributed by atoms with E-state index >= 15 is 0 Å². The summed E-state index contributed by atoms with van der Waals surface area (Å²) in [6.07, 6.45) is -3.65. The Labute approximate surface area is 251 Å². The van der Waals surface area contributed by atoms with Crippen LogP contribution in [0.25, 0.3) is 10.9 Å². The van der Waals surface area contributed by atoms with Crippen LogP contribution in [0, 0.1) is 18.3 Å². The lowest BCUT2D eigenvalue weighted by Crippen LogP contribution is -2.47. The highest BCUT2D eigenvalue weighted by molar-refractivity contribution is 5.97. The summed E-state index contributed by atoms with van der Waals surface area (Å²) >= 11 is 0. The van der Waals surface area contributed by atoms with Gasteiger partial charge in [0.2, 0.25) is 0 Å². The van der Waals surface area contributed by atoms with Crippen LogP contribution >= 0.6 is 0 Å². The number of fused-ring (bicyclic) bond motifs is 1. The number of alkyl halides is 3. The largest absolute Gasteiger partial charge is 0.458 e. The van der Waals surface area contributed by atoms with Crippen LogP contribution in [0.5, 0.6) is 0 Å². The molecule has 3 heterocycles. The van der Waals surface area contributed by atoms with Crippen molar-refractivity contribution in [2.24, 2.45) is 0 Å². The summed E-state index contributed by atoms with van der Waals surface area (Å²) < 4.78 is 52.5. The zero-order valence-corrected chi connectivity index (χ0v) is 25.1. The minimum atomic E-state index is -4.57. The van der Waals surface area contributed by atoms with Gasteiger partial charge in [-0.15, -0.1) is 0 Å². The second-order valence-corrected chi connectivity index (χ2v) is 11.9. The first kappa shape index (κ1) is 32.5. The SMILES string of the molecule is CCC(NC(=O)c1ccc(Nc2nn([C@]3(CC#N)CC[C@@H](C(=O)OC(C)(C)C)OC3)c3cc[nH]c(=O)c23)cc1C)C(F)(F)F. The monoisotopic (exact) mass is 616 g/mol. The molecule has 11 nitrogen and oxygen atoms in total. The number of hydrogen-bond donors (Lipinski definition) is 3. The zero-order chi connectivity index (χ0) is 32.4. The van der Waals surface area contributed by atoms with E-state index in [1.54, 1.807) is 44.5 Å². The van der Waals surface area contributed by atoms with Gasteiger partial charge in [0.1, 0.15) is 17.0 Å². The van der Waals surface area contributed by atoms with Gasteiger partial charge in [0.25, 0.3) is 11.5 Å². The molecule has 1 aliphatic heterocycles. The lowest BCUT2D eigenvalue weighted by molar-refractivity contribution is -0.176. The maximum Gasteiger partial charge on any atom is 0.408 e. The first-order valence-corrected chi connectivity index (χ1v) is 14.2. The van der Waals surface area contributed by atoms with E-state index in [1.807, 2.05) is 5.32 Å². The van der Waals surface area contributed by atoms with Crippen LogP contribution in [0.1, 0.15) is 69.3 Å². The number of pyridine rings is 1. The average Bonchev–Trinajstić information content (AvgIpc) is 3.30. The van der Waals surface area contributed by atoms with Gasteiger partial charge in [-0.1, -0.05) is 6.92 Å². The average molecular weight is 617 g/mol. The molecule has 1 aromatic carbocycles. The van der Waals surface area contributed by atoms with E-state index in [9.17, 15) is 32.8 Å². The topological polar surface area (TPSA) is 151 Å². The van der Waals surface area contributed by atoms with E-state index in [0.717, 1.165) is 0 Å². The zero-order valence-electron chi connectivity index (χ0n) is 25.1. The smallest absolute Gasteiger partial charge is 0.408 e. The molecule has 2 aromatic heterocycles. The van der Waals surface area contributed by atoms with E-state index in [0.29, 0.717) is 23.2 Å². The second kappa shape index (κ2) is 12.3. The van der Waals surface area contributed by atoms with Gasteiger partial charge in [-0.25, -0.2) is 4.79 Å². The normalized spacial score (nSPS) is 19.7. The van der Waals surface area contributed by atoms with Gasteiger partial charge in [-0.2, -0.15) is 23.5 Å². The number of hydrogen-bond acceptors (Lipinski definition) is 8. The van der Waals surface area contributed by atoms with Crippen molar-refractivity contribution in [3.8, 4) is 6.07 Å². The predicted octanol–water partition coefficient (Wildman–Crippen LogP) is 4.98. The fourth-order valence-electron chi connectivity index (χ4n) is 5.20. The van der Waals surface area contributed by atoms with Gasteiger partial charge in [0.05, 0.1) is 30.2 Å². The quantitative estimate of drug-likeness (QED) is 0.300. The number of rotatable bonds is 8. The molecule has 1 unspecified atom stereocenters. The van der Waals surface area contributed by atoms with Crippen molar-refractivity contribution in [1.82, 2.24) is 20.1 Å². The number of ether oxygens (including phenoxy) is 2. The van der Waals surface area contributed by atoms with Crippen LogP contribution < -0.4 is 16.2 Å². The fourth-order valence-corrected chi connectivity index (χ4v) is 5.20. The number of nitrogens with one attached hydrogen (secondary N) is 3. The Bertz CT molecular complexity index is 1640. The molecule has 1 saturated heterocycles. The minimum Gasteiger partial charge on any atom is -0.458 e. The van der Waals surface area contributed by atoms with Crippen LogP contribution in [0.4, 0.5) is 24.7 Å². The van der Waals surface area contributed by atoms with E-state index in [-0.39, 0.29) is 42.6 Å². The fraction of sp³-hybridized carbons (Fsp3) is 0.500. The molecule has 0 saturated carbocycles. The number of H-pyrrole nitrogens is 1. The highest BCUT2D eigenvalue weighted by Crippen LogP contribution is 2.37. The molecule has 236 valence electrons. The highest BCUT2D eigenvalue weighted by atomic mass is 19.4. The molecule has 4 rings (SSSR count). The van der Waals surface area contributed by atoms with Crippen molar-refractivity contribution in [2.45, 2.75) is 89.8 Å². The molecule has 44 heavy (non-hydrogen) atoms. The van der Waals surface area contributed by atoms with Gasteiger partial charge in [-0.3, -0.25) is 14.3 Å². The van der Waals surface area contributed by atoms with Gasteiger partial charge in [0.15, 0.2) is 11.9 Å². The van der Waals surface area contributed by atoms with Gasteiger partial charge in [-0.05, 0) is 76.8 Å². The van der Waals surface area contributed by atoms with Crippen molar-refractivity contribution >= 4 is 34.3 Å². The Morgan fingerprint density at radius 1 is 1.30 bits per heavy atom. The number of anilines is 2. The first-order chi connectivity index (χ1) is 20.6. The number of amides is 1. The number of nitrogens with zero attached hydrogens (tertiary/aromatic N) is 3. The molecule has 3 atom stereocenters. The standard InChI is InChI=1S/C30H35F3N6O5/c1-6-22(30(31,32)33)37-25(40)19-8-7-18(15-17(19)2)36-24-23-20(10-14-35-26(23)41)39(38-24)29(12-13-34)11-9-21(43-16-29)27(42)44-28(3,4)5/h7-8,10,14-15,21-22H,6,9,11-12,16H2,1-5H3,(H,35,41)(H,36,38)(H,37,40)/t21-,22?,29-/m0/s1. The molecule has 0 radical (unpaired) electrons. The van der Waals surface area contributed by atoms with E-state index < -0.39 is 46.9 Å². The summed E-state index contributed by atoms with van der Waals surface area (Å²) in [6.45, 7) is 8.16. The van der Waals surface area contributed by atoms with Crippen molar-refractivity contribution in [2.75, 3.05) is 11.9 Å². The van der Waals surface area contributed by atoms with Crippen molar-refractivity contribution in [3.05, 3.63) is 51.9 Å². The Morgan fingerprint density at radius 2 is 2.02 bits per heavy atom. The molecule has 1 amide bonds. The van der Waals surface area contributed by atoms with Crippen LogP contribution in [-0.2, 0) is 19.8 Å². The summed E-state index contributed by atoms with van der Waals surface area (Å²) in [5.41, 5.74) is -0.812. The lowest BCUT2D eigenvalue weighted by atomic mass is 9.87. The number of benzene rings is 1. The summed E-state index contributed by atoms with van der Waals surface area (Å²) in [5, 5.41) is 19.7. The van der Waals surface area contributed by atoms with E-state index in [1.165, 1.54) is 25.3 Å². The molecule has 3 N–H and O–H groups in total. The number of halogens is 3. The molecule has 3 aromatic rings. The van der Waals surface area contributed by atoms with Crippen molar-refractivity contribution in [1.29, 1.82) is 5.26 Å². The lowest BCUT2D eigenvalue weighted by Gasteiger charge is -2.39. The summed E-state index contributed by atoms with van der Waals surface area (Å²) in [4.78, 5) is 40.9. The number of aromatic amines is 1. The van der Waals surface area contributed by atoms with Crippen molar-refractivity contribution < 1.29 is 32.2 Å². The Kier molecular flexibility index (Phi) is 9.11. The Balaban J connectivity index is 1.64. The minimum absolute atomic E-state index is 0.0172. The maximum absolute atomic E-state index is 13.2. The number of nitriles is 1. The molecule has 0 spiro atoms. The third-order valence-electron chi connectivity index (χ3n) is 7.40. The van der Waals surface area contributed by atoms with Crippen LogP contribution in [0.15, 0.2) is 35.3 Å². The Hall–Kier alpha value is -4.38. The molecule has 1 fully saturated rings. The first-order valence-electron chi connectivity index (χ1n) is 14.2. The number of carbonyl (C=O) groups excluding carboxylic acids is 2.